The van der Waals surface area contributed by atoms with Gasteiger partial charge in [-0.3, -0.25) is 9.78 Å². The van der Waals surface area contributed by atoms with Crippen molar-refractivity contribution in [1.29, 1.82) is 0 Å². The average Bonchev–Trinajstić information content (AvgIpc) is 2.61. The van der Waals surface area contributed by atoms with Crippen molar-refractivity contribution < 1.29 is 15.0 Å². The molecular formula is C19H24N2O3. The molecule has 2 aromatic rings. The highest BCUT2D eigenvalue weighted by molar-refractivity contribution is 5.95. The molecule has 2 N–H and O–H groups in total. The summed E-state index contributed by atoms with van der Waals surface area (Å²) in [6.07, 6.45) is 3.27. The molecule has 0 saturated heterocycles. The number of hydrogen-bond donors (Lipinski definition) is 2. The van der Waals surface area contributed by atoms with Crippen molar-refractivity contribution in [3.05, 3.63) is 53.9 Å². The van der Waals surface area contributed by atoms with E-state index >= 15 is 0 Å². The number of hydrogen-bond acceptors (Lipinski definition) is 4. The first kappa shape index (κ1) is 18.1. The van der Waals surface area contributed by atoms with Crippen LogP contribution in [0.15, 0.2) is 42.7 Å². The van der Waals surface area contributed by atoms with E-state index in [-0.39, 0.29) is 25.7 Å². The van der Waals surface area contributed by atoms with Crippen molar-refractivity contribution in [3.63, 3.8) is 0 Å². The Hall–Kier alpha value is -2.24. The normalized spacial score (nSPS) is 11.4. The van der Waals surface area contributed by atoms with E-state index in [1.807, 2.05) is 37.3 Å². The quantitative estimate of drug-likeness (QED) is 0.852. The van der Waals surface area contributed by atoms with E-state index in [1.54, 1.807) is 20.2 Å². The van der Waals surface area contributed by atoms with Gasteiger partial charge in [0.1, 0.15) is 0 Å². The van der Waals surface area contributed by atoms with E-state index in [0.717, 1.165) is 16.7 Å². The molecule has 1 heterocycles. The lowest BCUT2D eigenvalue weighted by Crippen LogP contribution is -2.41. The minimum Gasteiger partial charge on any atom is -0.396 e. The summed E-state index contributed by atoms with van der Waals surface area (Å²) in [6, 6.07) is 9.83. The summed E-state index contributed by atoms with van der Waals surface area (Å²) in [4.78, 5) is 18.3. The molecule has 1 aromatic carbocycles. The van der Waals surface area contributed by atoms with Gasteiger partial charge in [-0.2, -0.15) is 0 Å². The Balaban J connectivity index is 2.23. The van der Waals surface area contributed by atoms with Crippen LogP contribution in [0.25, 0.3) is 11.1 Å². The Kier molecular flexibility index (Phi) is 5.70. The van der Waals surface area contributed by atoms with Gasteiger partial charge in [0.05, 0.1) is 18.8 Å². The van der Waals surface area contributed by atoms with Crippen LogP contribution in [-0.4, -0.2) is 52.8 Å². The van der Waals surface area contributed by atoms with E-state index in [2.05, 4.69) is 4.98 Å². The summed E-state index contributed by atoms with van der Waals surface area (Å²) in [7, 11) is 1.66. The van der Waals surface area contributed by atoms with Crippen LogP contribution in [-0.2, 0) is 0 Å². The molecule has 2 rings (SSSR count). The first-order valence-electron chi connectivity index (χ1n) is 7.88. The molecule has 5 heteroatoms. The van der Waals surface area contributed by atoms with Crippen molar-refractivity contribution >= 4 is 5.91 Å². The number of aromatic nitrogens is 1. The van der Waals surface area contributed by atoms with Crippen molar-refractivity contribution in [2.24, 2.45) is 5.41 Å². The van der Waals surface area contributed by atoms with Gasteiger partial charge in [-0.25, -0.2) is 0 Å². The summed E-state index contributed by atoms with van der Waals surface area (Å²) in [5.74, 6) is -0.190. The highest BCUT2D eigenvalue weighted by atomic mass is 16.3. The second kappa shape index (κ2) is 7.55. The molecule has 1 amide bonds. The fourth-order valence-corrected chi connectivity index (χ4v) is 2.55. The third-order valence-corrected chi connectivity index (χ3v) is 4.07. The van der Waals surface area contributed by atoms with E-state index in [0.29, 0.717) is 5.56 Å². The van der Waals surface area contributed by atoms with Gasteiger partial charge in [0.25, 0.3) is 5.91 Å². The third kappa shape index (κ3) is 4.19. The fourth-order valence-electron chi connectivity index (χ4n) is 2.55. The van der Waals surface area contributed by atoms with Crippen molar-refractivity contribution in [2.75, 3.05) is 26.8 Å². The highest BCUT2D eigenvalue weighted by Crippen LogP contribution is 2.22. The minimum absolute atomic E-state index is 0.190. The van der Waals surface area contributed by atoms with Crippen LogP contribution in [0.3, 0.4) is 0 Å². The molecule has 0 unspecified atom stereocenters. The number of rotatable bonds is 6. The van der Waals surface area contributed by atoms with Crippen molar-refractivity contribution in [3.8, 4) is 11.1 Å². The number of nitrogens with zero attached hydrogens (tertiary/aromatic N) is 2. The van der Waals surface area contributed by atoms with Gasteiger partial charge in [0.2, 0.25) is 0 Å². The first-order chi connectivity index (χ1) is 11.4. The largest absolute Gasteiger partial charge is 0.396 e. The molecule has 0 radical (unpaired) electrons. The van der Waals surface area contributed by atoms with Crippen molar-refractivity contribution in [1.82, 2.24) is 9.88 Å². The summed E-state index contributed by atoms with van der Waals surface area (Å²) in [5, 5.41) is 18.8. The molecule has 0 atom stereocenters. The average molecular weight is 328 g/mol. The summed E-state index contributed by atoms with van der Waals surface area (Å²) in [6.45, 7) is 3.63. The lowest BCUT2D eigenvalue weighted by atomic mass is 9.92. The lowest BCUT2D eigenvalue weighted by molar-refractivity contribution is 0.0366. The molecule has 128 valence electrons. The number of amides is 1. The second-order valence-electron chi connectivity index (χ2n) is 6.62. The standard InChI is InChI=1S/C19H24N2O3/c1-14-5-4-6-15(7-14)16-8-17(10-20-9-16)18(24)21(3)11-19(2,12-22)13-23/h4-10,22-23H,11-13H2,1-3H3. The molecule has 1 aromatic heterocycles. The maximum absolute atomic E-state index is 12.6. The zero-order valence-electron chi connectivity index (χ0n) is 14.4. The number of aryl methyl sites for hydroxylation is 1. The number of carbonyl (C=O) groups excluding carboxylic acids is 1. The van der Waals surface area contributed by atoms with Crippen LogP contribution in [0.1, 0.15) is 22.8 Å². The van der Waals surface area contributed by atoms with E-state index < -0.39 is 5.41 Å². The van der Waals surface area contributed by atoms with Gasteiger partial charge in [-0.05, 0) is 18.6 Å². The maximum atomic E-state index is 12.6. The lowest BCUT2D eigenvalue weighted by Gasteiger charge is -2.30. The van der Waals surface area contributed by atoms with Crippen LogP contribution in [0.4, 0.5) is 0 Å². The fraction of sp³-hybridized carbons (Fsp3) is 0.368. The Morgan fingerprint density at radius 1 is 1.17 bits per heavy atom. The summed E-state index contributed by atoms with van der Waals surface area (Å²) in [5.41, 5.74) is 2.78. The molecule has 5 nitrogen and oxygen atoms in total. The zero-order valence-corrected chi connectivity index (χ0v) is 14.4. The molecule has 0 fully saturated rings. The third-order valence-electron chi connectivity index (χ3n) is 4.07. The summed E-state index contributed by atoms with van der Waals surface area (Å²) < 4.78 is 0. The predicted molar refractivity (Wildman–Crippen MR) is 93.6 cm³/mol. The van der Waals surface area contributed by atoms with Gasteiger partial charge < -0.3 is 15.1 Å². The monoisotopic (exact) mass is 328 g/mol. The first-order valence-corrected chi connectivity index (χ1v) is 7.88. The Morgan fingerprint density at radius 2 is 1.88 bits per heavy atom. The molecule has 0 aliphatic carbocycles. The molecule has 0 aliphatic rings. The van der Waals surface area contributed by atoms with Crippen molar-refractivity contribution in [2.45, 2.75) is 13.8 Å². The van der Waals surface area contributed by atoms with Gasteiger partial charge in [-0.1, -0.05) is 36.8 Å². The Labute approximate surface area is 142 Å². The Bertz CT molecular complexity index is 711. The Morgan fingerprint density at radius 3 is 2.50 bits per heavy atom. The molecule has 0 bridgehead atoms. The van der Waals surface area contributed by atoms with Crippen LogP contribution < -0.4 is 0 Å². The minimum atomic E-state index is -0.730. The number of aliphatic hydroxyl groups is 2. The number of carbonyl (C=O) groups is 1. The SMILES string of the molecule is Cc1cccc(-c2cncc(C(=O)N(C)CC(C)(CO)CO)c2)c1. The van der Waals surface area contributed by atoms with E-state index in [9.17, 15) is 15.0 Å². The zero-order chi connectivity index (χ0) is 17.7. The van der Waals surface area contributed by atoms with Crippen LogP contribution in [0, 0.1) is 12.3 Å². The molecular weight excluding hydrogens is 304 g/mol. The van der Waals surface area contributed by atoms with E-state index in [4.69, 9.17) is 0 Å². The highest BCUT2D eigenvalue weighted by Gasteiger charge is 2.27. The van der Waals surface area contributed by atoms with Crippen LogP contribution in [0.5, 0.6) is 0 Å². The van der Waals surface area contributed by atoms with Gasteiger partial charge in [0, 0.05) is 37.0 Å². The summed E-state index contributed by atoms with van der Waals surface area (Å²) >= 11 is 0. The second-order valence-corrected chi connectivity index (χ2v) is 6.62. The topological polar surface area (TPSA) is 73.7 Å². The van der Waals surface area contributed by atoms with E-state index in [1.165, 1.54) is 11.1 Å². The van der Waals surface area contributed by atoms with Gasteiger partial charge in [-0.15, -0.1) is 0 Å². The molecule has 24 heavy (non-hydrogen) atoms. The maximum Gasteiger partial charge on any atom is 0.255 e. The molecule has 0 spiro atoms. The van der Waals surface area contributed by atoms with Gasteiger partial charge in [0.15, 0.2) is 0 Å². The molecule has 0 saturated carbocycles. The van der Waals surface area contributed by atoms with Gasteiger partial charge >= 0.3 is 0 Å². The molecule has 0 aliphatic heterocycles. The smallest absolute Gasteiger partial charge is 0.255 e. The number of pyridine rings is 1. The van der Waals surface area contributed by atoms with Crippen LogP contribution >= 0.6 is 0 Å². The van der Waals surface area contributed by atoms with Crippen LogP contribution in [0.2, 0.25) is 0 Å². The number of aliphatic hydroxyl groups excluding tert-OH is 2. The predicted octanol–water partition coefficient (Wildman–Crippen LogP) is 2.12. The number of benzene rings is 1.